The predicted octanol–water partition coefficient (Wildman–Crippen LogP) is 4.03. The van der Waals surface area contributed by atoms with E-state index >= 15 is 0 Å². The van der Waals surface area contributed by atoms with Crippen LogP contribution >= 0.6 is 0 Å². The van der Waals surface area contributed by atoms with Gasteiger partial charge in [-0.3, -0.25) is 9.36 Å². The first-order valence-corrected chi connectivity index (χ1v) is 14.9. The highest BCUT2D eigenvalue weighted by atomic mass is 19.3. The van der Waals surface area contributed by atoms with E-state index in [2.05, 4.69) is 25.6 Å². The third-order valence-electron chi connectivity index (χ3n) is 8.67. The molecule has 2 N–H and O–H groups in total. The minimum absolute atomic E-state index is 0.0619. The average molecular weight is 585 g/mol. The molecular formula is C29H38F2N8O3. The number of halogens is 2. The van der Waals surface area contributed by atoms with E-state index in [0.29, 0.717) is 49.2 Å². The maximum absolute atomic E-state index is 14.1. The van der Waals surface area contributed by atoms with Gasteiger partial charge in [-0.05, 0) is 63.5 Å². The lowest BCUT2D eigenvalue weighted by molar-refractivity contribution is -0.127. The SMILES string of the molecule is COC1CCC(C(=O)N[C@H]2CC[C@H](Nc3nc(N4CCOCC4)nc(-n4c(C(F)F)nc5ccccc54)n3)CC2)CC1. The van der Waals surface area contributed by atoms with Gasteiger partial charge in [-0.2, -0.15) is 15.0 Å². The van der Waals surface area contributed by atoms with E-state index in [0.717, 1.165) is 51.4 Å². The number of nitrogens with one attached hydrogen (secondary N) is 2. The second-order valence-corrected chi connectivity index (χ2v) is 11.4. The number of fused-ring (bicyclic) bond motifs is 1. The van der Waals surface area contributed by atoms with Gasteiger partial charge in [-0.25, -0.2) is 13.8 Å². The number of aromatic nitrogens is 5. The Hall–Kier alpha value is -3.45. The first-order valence-electron chi connectivity index (χ1n) is 14.9. The van der Waals surface area contributed by atoms with Crippen LogP contribution in [-0.4, -0.2) is 82.0 Å². The number of amides is 1. The minimum atomic E-state index is -2.81. The molecule has 42 heavy (non-hydrogen) atoms. The first-order chi connectivity index (χ1) is 20.5. The summed E-state index contributed by atoms with van der Waals surface area (Å²) in [6.07, 6.45) is 4.39. The summed E-state index contributed by atoms with van der Waals surface area (Å²) >= 11 is 0. The van der Waals surface area contributed by atoms with Gasteiger partial charge >= 0.3 is 0 Å². The molecule has 11 nitrogen and oxygen atoms in total. The van der Waals surface area contributed by atoms with E-state index in [4.69, 9.17) is 14.5 Å². The van der Waals surface area contributed by atoms with Crippen molar-refractivity contribution in [3.05, 3.63) is 30.1 Å². The molecule has 2 saturated carbocycles. The summed E-state index contributed by atoms with van der Waals surface area (Å²) in [5, 5.41) is 6.71. The van der Waals surface area contributed by atoms with Crippen molar-refractivity contribution in [2.45, 2.75) is 76.0 Å². The van der Waals surface area contributed by atoms with Crippen molar-refractivity contribution in [3.63, 3.8) is 0 Å². The van der Waals surface area contributed by atoms with Crippen LogP contribution in [0.25, 0.3) is 17.0 Å². The molecule has 3 aromatic rings. The standard InChI is InChI=1S/C29H38F2N8O3/c1-41-21-12-6-18(7-13-21)26(40)32-19-8-10-20(11-9-19)33-27-35-28(38-14-16-42-17-15-38)37-29(36-27)39-23-5-3-2-4-22(23)34-25(39)24(30)31/h2-5,18-21,24H,6-17H2,1H3,(H,32,40)(H,33,35,36,37)/t18?,19-,20-,21?. The van der Waals surface area contributed by atoms with Gasteiger partial charge in [0.25, 0.3) is 6.43 Å². The van der Waals surface area contributed by atoms with Gasteiger partial charge in [-0.1, -0.05) is 12.1 Å². The second-order valence-electron chi connectivity index (χ2n) is 11.4. The number of alkyl halides is 2. The molecular weight excluding hydrogens is 546 g/mol. The maximum atomic E-state index is 14.1. The Morgan fingerprint density at radius 1 is 0.929 bits per heavy atom. The van der Waals surface area contributed by atoms with Crippen LogP contribution in [0.1, 0.15) is 63.6 Å². The third kappa shape index (κ3) is 6.31. The van der Waals surface area contributed by atoms with E-state index in [9.17, 15) is 13.6 Å². The molecule has 6 rings (SSSR count). The number of hydrogen-bond donors (Lipinski definition) is 2. The molecule has 0 unspecified atom stereocenters. The van der Waals surface area contributed by atoms with Gasteiger partial charge in [0.15, 0.2) is 5.82 Å². The van der Waals surface area contributed by atoms with E-state index in [-0.39, 0.29) is 36.0 Å². The Morgan fingerprint density at radius 2 is 1.62 bits per heavy atom. The van der Waals surface area contributed by atoms with Crippen LogP contribution in [0.15, 0.2) is 24.3 Å². The molecule has 1 amide bonds. The van der Waals surface area contributed by atoms with Crippen LogP contribution < -0.4 is 15.5 Å². The zero-order chi connectivity index (χ0) is 29.1. The van der Waals surface area contributed by atoms with E-state index in [1.807, 2.05) is 4.90 Å². The third-order valence-corrected chi connectivity index (χ3v) is 8.67. The first kappa shape index (κ1) is 28.7. The zero-order valence-corrected chi connectivity index (χ0v) is 23.8. The summed E-state index contributed by atoms with van der Waals surface area (Å²) in [6, 6.07) is 7.19. The van der Waals surface area contributed by atoms with Crippen molar-refractivity contribution in [1.29, 1.82) is 0 Å². The molecule has 1 saturated heterocycles. The van der Waals surface area contributed by atoms with E-state index < -0.39 is 12.2 Å². The average Bonchev–Trinajstić information content (AvgIpc) is 3.43. The molecule has 2 aliphatic carbocycles. The lowest BCUT2D eigenvalue weighted by atomic mass is 9.85. The molecule has 3 fully saturated rings. The normalized spacial score (nSPS) is 25.1. The molecule has 0 atom stereocenters. The van der Waals surface area contributed by atoms with Crippen molar-refractivity contribution >= 4 is 28.8 Å². The predicted molar refractivity (Wildman–Crippen MR) is 153 cm³/mol. The van der Waals surface area contributed by atoms with Gasteiger partial charge in [0.2, 0.25) is 23.8 Å². The monoisotopic (exact) mass is 584 g/mol. The minimum Gasteiger partial charge on any atom is -0.381 e. The van der Waals surface area contributed by atoms with Gasteiger partial charge in [0.05, 0.1) is 30.4 Å². The fourth-order valence-corrected chi connectivity index (χ4v) is 6.27. The summed E-state index contributed by atoms with van der Waals surface area (Å²) in [5.41, 5.74) is 0.951. The summed E-state index contributed by atoms with van der Waals surface area (Å²) in [5.74, 6) is 0.651. The zero-order valence-electron chi connectivity index (χ0n) is 23.8. The van der Waals surface area contributed by atoms with Crippen LogP contribution in [0.5, 0.6) is 0 Å². The molecule has 226 valence electrons. The van der Waals surface area contributed by atoms with Crippen LogP contribution in [0.4, 0.5) is 20.7 Å². The molecule has 0 radical (unpaired) electrons. The van der Waals surface area contributed by atoms with Crippen LogP contribution in [0, 0.1) is 5.92 Å². The topological polar surface area (TPSA) is 119 Å². The summed E-state index contributed by atoms with van der Waals surface area (Å²) in [4.78, 5) is 33.0. The number of ether oxygens (including phenoxy) is 2. The fraction of sp³-hybridized carbons (Fsp3) is 0.621. The highest BCUT2D eigenvalue weighted by Crippen LogP contribution is 2.30. The summed E-state index contributed by atoms with van der Waals surface area (Å²) in [7, 11) is 1.74. The lowest BCUT2D eigenvalue weighted by Crippen LogP contribution is -2.43. The molecule has 0 spiro atoms. The van der Waals surface area contributed by atoms with E-state index in [1.165, 1.54) is 4.57 Å². The van der Waals surface area contributed by atoms with Crippen LogP contribution in [0.3, 0.4) is 0 Å². The number of nitrogens with zero attached hydrogens (tertiary/aromatic N) is 6. The van der Waals surface area contributed by atoms with Gasteiger partial charge < -0.3 is 25.0 Å². The number of morpholine rings is 1. The lowest BCUT2D eigenvalue weighted by Gasteiger charge is -2.32. The highest BCUT2D eigenvalue weighted by molar-refractivity contribution is 5.79. The van der Waals surface area contributed by atoms with Gasteiger partial charge in [-0.15, -0.1) is 0 Å². The summed E-state index contributed by atoms with van der Waals surface area (Å²) < 4.78 is 40.5. The van der Waals surface area contributed by atoms with Crippen LogP contribution in [-0.2, 0) is 14.3 Å². The molecule has 3 aliphatic rings. The molecule has 3 heterocycles. The number of methoxy groups -OCH3 is 1. The highest BCUT2D eigenvalue weighted by Gasteiger charge is 2.30. The fourth-order valence-electron chi connectivity index (χ4n) is 6.27. The van der Waals surface area contributed by atoms with Crippen molar-refractivity contribution in [1.82, 2.24) is 29.8 Å². The Bertz CT molecular complexity index is 1370. The largest absolute Gasteiger partial charge is 0.381 e. The van der Waals surface area contributed by atoms with Gasteiger partial charge in [0, 0.05) is 38.2 Å². The van der Waals surface area contributed by atoms with Crippen molar-refractivity contribution < 1.29 is 23.0 Å². The van der Waals surface area contributed by atoms with Gasteiger partial charge in [0.1, 0.15) is 0 Å². The van der Waals surface area contributed by atoms with Crippen molar-refractivity contribution in [2.75, 3.05) is 43.6 Å². The number of carbonyl (C=O) groups excluding carboxylic acids is 1. The Morgan fingerprint density at radius 3 is 2.33 bits per heavy atom. The number of para-hydroxylation sites is 2. The number of anilines is 2. The Labute approximate surface area is 243 Å². The molecule has 0 bridgehead atoms. The summed E-state index contributed by atoms with van der Waals surface area (Å²) in [6.45, 7) is 2.24. The number of carbonyl (C=O) groups is 1. The number of imidazole rings is 1. The van der Waals surface area contributed by atoms with Crippen molar-refractivity contribution in [3.8, 4) is 5.95 Å². The van der Waals surface area contributed by atoms with Crippen molar-refractivity contribution in [2.24, 2.45) is 5.92 Å². The molecule has 1 aliphatic heterocycles. The number of benzene rings is 1. The molecule has 13 heteroatoms. The second kappa shape index (κ2) is 12.8. The quantitative estimate of drug-likeness (QED) is 0.405. The number of hydrogen-bond acceptors (Lipinski definition) is 9. The number of rotatable bonds is 8. The van der Waals surface area contributed by atoms with Crippen LogP contribution in [0.2, 0.25) is 0 Å². The maximum Gasteiger partial charge on any atom is 0.296 e. The molecule has 2 aromatic heterocycles. The smallest absolute Gasteiger partial charge is 0.296 e. The Kier molecular flexibility index (Phi) is 8.75. The Balaban J connectivity index is 1.18. The van der Waals surface area contributed by atoms with E-state index in [1.54, 1.807) is 31.4 Å². The molecule has 1 aromatic carbocycles.